The number of rotatable bonds is 5. The first-order valence-electron chi connectivity index (χ1n) is 6.24. The zero-order valence-corrected chi connectivity index (χ0v) is 11.3. The summed E-state index contributed by atoms with van der Waals surface area (Å²) in [6.45, 7) is 2.58. The van der Waals surface area contributed by atoms with Gasteiger partial charge in [0.15, 0.2) is 0 Å². The van der Waals surface area contributed by atoms with Crippen LogP contribution in [-0.4, -0.2) is 18.5 Å². The molecule has 0 aliphatic heterocycles. The SMILES string of the molecule is CCCC(CN)NC(=O)c1cc2ccccc2s1. The number of nitrogens with one attached hydrogen (secondary N) is 1. The molecule has 1 aromatic heterocycles. The predicted octanol–water partition coefficient (Wildman–Crippen LogP) is 2.76. The summed E-state index contributed by atoms with van der Waals surface area (Å²) in [5.74, 6) is -0.0138. The molecule has 3 nitrogen and oxygen atoms in total. The van der Waals surface area contributed by atoms with Crippen molar-refractivity contribution in [3.63, 3.8) is 0 Å². The number of carbonyl (C=O) groups excluding carboxylic acids is 1. The largest absolute Gasteiger partial charge is 0.347 e. The normalized spacial score (nSPS) is 12.6. The van der Waals surface area contributed by atoms with Crippen LogP contribution >= 0.6 is 11.3 Å². The van der Waals surface area contributed by atoms with Crippen LogP contribution in [0, 0.1) is 0 Å². The molecule has 3 N–H and O–H groups in total. The van der Waals surface area contributed by atoms with Crippen LogP contribution in [0.5, 0.6) is 0 Å². The van der Waals surface area contributed by atoms with Gasteiger partial charge in [0.25, 0.3) is 5.91 Å². The fraction of sp³-hybridized carbons (Fsp3) is 0.357. The number of amides is 1. The number of fused-ring (bicyclic) bond motifs is 1. The lowest BCUT2D eigenvalue weighted by Gasteiger charge is -2.14. The summed E-state index contributed by atoms with van der Waals surface area (Å²) >= 11 is 1.52. The van der Waals surface area contributed by atoms with Gasteiger partial charge in [-0.25, -0.2) is 0 Å². The smallest absolute Gasteiger partial charge is 0.261 e. The van der Waals surface area contributed by atoms with Crippen molar-refractivity contribution < 1.29 is 4.79 Å². The Labute approximate surface area is 111 Å². The highest BCUT2D eigenvalue weighted by atomic mass is 32.1. The molecule has 96 valence electrons. The molecule has 0 radical (unpaired) electrons. The Kier molecular flexibility index (Phi) is 4.33. The maximum atomic E-state index is 12.1. The van der Waals surface area contributed by atoms with Gasteiger partial charge in [-0.05, 0) is 23.9 Å². The Morgan fingerprint density at radius 1 is 1.44 bits per heavy atom. The first-order valence-corrected chi connectivity index (χ1v) is 7.05. The Hall–Kier alpha value is -1.39. The standard InChI is InChI=1S/C14H18N2OS/c1-2-5-11(9-15)16-14(17)13-8-10-6-3-4-7-12(10)18-13/h3-4,6-8,11H,2,5,9,15H2,1H3,(H,16,17). The van der Waals surface area contributed by atoms with Gasteiger partial charge in [-0.15, -0.1) is 11.3 Å². The van der Waals surface area contributed by atoms with E-state index in [1.165, 1.54) is 11.3 Å². The van der Waals surface area contributed by atoms with Gasteiger partial charge in [-0.2, -0.15) is 0 Å². The van der Waals surface area contributed by atoms with Crippen molar-refractivity contribution >= 4 is 27.3 Å². The van der Waals surface area contributed by atoms with Gasteiger partial charge in [-0.3, -0.25) is 4.79 Å². The summed E-state index contributed by atoms with van der Waals surface area (Å²) in [5, 5.41) is 4.11. The summed E-state index contributed by atoms with van der Waals surface area (Å²) in [5.41, 5.74) is 5.65. The minimum atomic E-state index is -0.0138. The predicted molar refractivity (Wildman–Crippen MR) is 77.0 cm³/mol. The van der Waals surface area contributed by atoms with E-state index in [4.69, 9.17) is 5.73 Å². The lowest BCUT2D eigenvalue weighted by molar-refractivity contribution is 0.0940. The molecule has 0 bridgehead atoms. The molecule has 1 heterocycles. The highest BCUT2D eigenvalue weighted by Crippen LogP contribution is 2.25. The Morgan fingerprint density at radius 2 is 2.22 bits per heavy atom. The molecule has 4 heteroatoms. The second-order valence-corrected chi connectivity index (χ2v) is 5.43. The molecule has 0 aliphatic rings. The van der Waals surface area contributed by atoms with E-state index >= 15 is 0 Å². The lowest BCUT2D eigenvalue weighted by atomic mass is 10.1. The molecule has 2 aromatic rings. The van der Waals surface area contributed by atoms with E-state index in [0.717, 1.165) is 27.8 Å². The van der Waals surface area contributed by atoms with E-state index in [-0.39, 0.29) is 11.9 Å². The maximum Gasteiger partial charge on any atom is 0.261 e. The fourth-order valence-electron chi connectivity index (χ4n) is 1.95. The summed E-state index contributed by atoms with van der Waals surface area (Å²) in [6, 6.07) is 10.0. The van der Waals surface area contributed by atoms with Crippen molar-refractivity contribution in [3.05, 3.63) is 35.2 Å². The van der Waals surface area contributed by atoms with Crippen molar-refractivity contribution in [2.45, 2.75) is 25.8 Å². The Balaban J connectivity index is 2.13. The number of hydrogen-bond donors (Lipinski definition) is 2. The van der Waals surface area contributed by atoms with E-state index in [2.05, 4.69) is 12.2 Å². The van der Waals surface area contributed by atoms with E-state index < -0.39 is 0 Å². The average molecular weight is 262 g/mol. The molecule has 18 heavy (non-hydrogen) atoms. The molecular weight excluding hydrogens is 244 g/mol. The quantitative estimate of drug-likeness (QED) is 0.870. The third-order valence-corrected chi connectivity index (χ3v) is 4.02. The minimum Gasteiger partial charge on any atom is -0.347 e. The molecule has 1 amide bonds. The third-order valence-electron chi connectivity index (χ3n) is 2.91. The fourth-order valence-corrected chi connectivity index (χ4v) is 2.91. The van der Waals surface area contributed by atoms with Crippen LogP contribution in [0.4, 0.5) is 0 Å². The van der Waals surface area contributed by atoms with Crippen LogP contribution < -0.4 is 11.1 Å². The molecule has 0 saturated carbocycles. The number of thiophene rings is 1. The Morgan fingerprint density at radius 3 is 2.89 bits per heavy atom. The molecular formula is C14H18N2OS. The van der Waals surface area contributed by atoms with Gasteiger partial charge in [0, 0.05) is 17.3 Å². The van der Waals surface area contributed by atoms with E-state index in [1.807, 2.05) is 30.3 Å². The monoisotopic (exact) mass is 262 g/mol. The summed E-state index contributed by atoms with van der Waals surface area (Å²) < 4.78 is 1.14. The van der Waals surface area contributed by atoms with Crippen LogP contribution in [0.3, 0.4) is 0 Å². The molecule has 2 rings (SSSR count). The molecule has 0 fully saturated rings. The van der Waals surface area contributed by atoms with Crippen LogP contribution in [-0.2, 0) is 0 Å². The highest BCUT2D eigenvalue weighted by molar-refractivity contribution is 7.20. The first kappa shape index (κ1) is 13.1. The van der Waals surface area contributed by atoms with Crippen LogP contribution in [0.25, 0.3) is 10.1 Å². The third kappa shape index (κ3) is 2.89. The van der Waals surface area contributed by atoms with Gasteiger partial charge in [0.05, 0.1) is 4.88 Å². The molecule has 1 atom stereocenters. The van der Waals surface area contributed by atoms with Crippen molar-refractivity contribution in [2.75, 3.05) is 6.54 Å². The van der Waals surface area contributed by atoms with Crippen molar-refractivity contribution in [1.29, 1.82) is 0 Å². The van der Waals surface area contributed by atoms with Gasteiger partial charge < -0.3 is 11.1 Å². The molecule has 0 aliphatic carbocycles. The average Bonchev–Trinajstić information content (AvgIpc) is 2.82. The summed E-state index contributed by atoms with van der Waals surface area (Å²) in [7, 11) is 0. The molecule has 1 unspecified atom stereocenters. The maximum absolute atomic E-state index is 12.1. The van der Waals surface area contributed by atoms with Crippen molar-refractivity contribution in [2.24, 2.45) is 5.73 Å². The highest BCUT2D eigenvalue weighted by Gasteiger charge is 2.13. The van der Waals surface area contributed by atoms with E-state index in [1.54, 1.807) is 0 Å². The zero-order valence-electron chi connectivity index (χ0n) is 10.5. The Bertz CT molecular complexity index is 502. The van der Waals surface area contributed by atoms with E-state index in [9.17, 15) is 4.79 Å². The van der Waals surface area contributed by atoms with Crippen LogP contribution in [0.15, 0.2) is 30.3 Å². The zero-order chi connectivity index (χ0) is 13.0. The summed E-state index contributed by atoms with van der Waals surface area (Å²) in [6.07, 6.45) is 1.95. The van der Waals surface area contributed by atoms with E-state index in [0.29, 0.717) is 6.54 Å². The number of hydrogen-bond acceptors (Lipinski definition) is 3. The van der Waals surface area contributed by atoms with Gasteiger partial charge in [0.2, 0.25) is 0 Å². The molecule has 1 aromatic carbocycles. The minimum absolute atomic E-state index is 0.0138. The van der Waals surface area contributed by atoms with Crippen molar-refractivity contribution in [3.8, 4) is 0 Å². The van der Waals surface area contributed by atoms with Crippen LogP contribution in [0.1, 0.15) is 29.4 Å². The summed E-state index contributed by atoms with van der Waals surface area (Å²) in [4.78, 5) is 12.9. The second kappa shape index (κ2) is 5.98. The van der Waals surface area contributed by atoms with Gasteiger partial charge >= 0.3 is 0 Å². The van der Waals surface area contributed by atoms with Gasteiger partial charge in [0.1, 0.15) is 0 Å². The first-order chi connectivity index (χ1) is 8.74. The molecule has 0 saturated heterocycles. The molecule has 0 spiro atoms. The van der Waals surface area contributed by atoms with Crippen molar-refractivity contribution in [1.82, 2.24) is 5.32 Å². The lowest BCUT2D eigenvalue weighted by Crippen LogP contribution is -2.39. The topological polar surface area (TPSA) is 55.1 Å². The number of nitrogens with two attached hydrogens (primary N) is 1. The van der Waals surface area contributed by atoms with Crippen LogP contribution in [0.2, 0.25) is 0 Å². The number of benzene rings is 1. The van der Waals surface area contributed by atoms with Gasteiger partial charge in [-0.1, -0.05) is 31.5 Å². The number of carbonyl (C=O) groups is 1. The second-order valence-electron chi connectivity index (χ2n) is 4.34.